The average molecular weight is 371 g/mol. The van der Waals surface area contributed by atoms with Crippen LogP contribution in [0, 0.1) is 13.8 Å². The molecule has 7 heteroatoms. The number of benzene rings is 1. The van der Waals surface area contributed by atoms with Gasteiger partial charge in [0.1, 0.15) is 11.9 Å². The minimum atomic E-state index is -0.104. The smallest absolute Gasteiger partial charge is 0.257 e. The largest absolute Gasteiger partial charge is 0.493 e. The van der Waals surface area contributed by atoms with Crippen LogP contribution in [0.1, 0.15) is 34.7 Å². The predicted molar refractivity (Wildman–Crippen MR) is 101 cm³/mol. The van der Waals surface area contributed by atoms with Crippen molar-refractivity contribution in [2.75, 3.05) is 27.3 Å². The summed E-state index contributed by atoms with van der Waals surface area (Å²) in [6.07, 6.45) is 1.64. The lowest BCUT2D eigenvalue weighted by molar-refractivity contribution is 0.0523. The number of carbonyl (C=O) groups excluding carboxylic acids is 1. The second-order valence-electron chi connectivity index (χ2n) is 6.57. The van der Waals surface area contributed by atoms with Crippen molar-refractivity contribution in [3.8, 4) is 17.4 Å². The lowest BCUT2D eigenvalue weighted by Gasteiger charge is -2.33. The summed E-state index contributed by atoms with van der Waals surface area (Å²) < 4.78 is 16.7. The van der Waals surface area contributed by atoms with Crippen molar-refractivity contribution in [2.45, 2.75) is 32.8 Å². The lowest BCUT2D eigenvalue weighted by atomic mass is 10.1. The van der Waals surface area contributed by atoms with Crippen LogP contribution in [0.3, 0.4) is 0 Å². The molecule has 1 aliphatic heterocycles. The van der Waals surface area contributed by atoms with Gasteiger partial charge in [-0.05, 0) is 38.8 Å². The van der Waals surface area contributed by atoms with Crippen LogP contribution in [-0.4, -0.2) is 54.2 Å². The molecule has 7 nitrogen and oxygen atoms in total. The second-order valence-corrected chi connectivity index (χ2v) is 6.57. The summed E-state index contributed by atoms with van der Waals surface area (Å²) in [6, 6.07) is 7.14. The molecule has 0 saturated carbocycles. The monoisotopic (exact) mass is 371 g/mol. The van der Waals surface area contributed by atoms with Gasteiger partial charge >= 0.3 is 0 Å². The van der Waals surface area contributed by atoms with Crippen LogP contribution < -0.4 is 14.2 Å². The van der Waals surface area contributed by atoms with Gasteiger partial charge in [0.05, 0.1) is 26.3 Å². The van der Waals surface area contributed by atoms with Gasteiger partial charge in [-0.2, -0.15) is 4.98 Å². The number of ether oxygens (including phenoxy) is 3. The molecule has 0 spiro atoms. The van der Waals surface area contributed by atoms with E-state index in [4.69, 9.17) is 14.2 Å². The standard InChI is InChI=1S/C20H25N3O4/c1-13-11-18(22-14(2)21-13)27-15-7-6-10-23(12-15)20(24)16-8-5-9-17(25-3)19(16)26-4/h5,8-9,11,15H,6-7,10,12H2,1-4H3. The molecule has 3 rings (SSSR count). The van der Waals surface area contributed by atoms with E-state index >= 15 is 0 Å². The van der Waals surface area contributed by atoms with Gasteiger partial charge in [-0.15, -0.1) is 0 Å². The summed E-state index contributed by atoms with van der Waals surface area (Å²) in [6.45, 7) is 4.93. The molecule has 27 heavy (non-hydrogen) atoms. The lowest BCUT2D eigenvalue weighted by Crippen LogP contribution is -2.44. The highest BCUT2D eigenvalue weighted by Gasteiger charge is 2.28. The van der Waals surface area contributed by atoms with Gasteiger partial charge in [0.2, 0.25) is 5.88 Å². The van der Waals surface area contributed by atoms with E-state index < -0.39 is 0 Å². The van der Waals surface area contributed by atoms with E-state index in [2.05, 4.69) is 9.97 Å². The molecule has 0 aliphatic carbocycles. The topological polar surface area (TPSA) is 73.8 Å². The summed E-state index contributed by atoms with van der Waals surface area (Å²) in [4.78, 5) is 23.5. The first-order chi connectivity index (χ1) is 13.0. The molecule has 2 heterocycles. The minimum Gasteiger partial charge on any atom is -0.493 e. The van der Waals surface area contributed by atoms with Crippen LogP contribution in [0.15, 0.2) is 24.3 Å². The molecule has 1 aromatic carbocycles. The normalized spacial score (nSPS) is 16.7. The first-order valence-corrected chi connectivity index (χ1v) is 9.01. The molecule has 1 aromatic heterocycles. The Morgan fingerprint density at radius 1 is 1.19 bits per heavy atom. The number of methoxy groups -OCH3 is 2. The van der Waals surface area contributed by atoms with E-state index in [9.17, 15) is 4.79 Å². The Balaban J connectivity index is 1.75. The molecule has 0 N–H and O–H groups in total. The van der Waals surface area contributed by atoms with Crippen molar-refractivity contribution >= 4 is 5.91 Å². The Morgan fingerprint density at radius 3 is 2.70 bits per heavy atom. The molecule has 1 unspecified atom stereocenters. The fourth-order valence-corrected chi connectivity index (χ4v) is 3.36. The maximum atomic E-state index is 13.1. The number of amides is 1. The van der Waals surface area contributed by atoms with Gasteiger partial charge in [-0.1, -0.05) is 6.07 Å². The Morgan fingerprint density at radius 2 is 2.00 bits per heavy atom. The molecule has 144 valence electrons. The van der Waals surface area contributed by atoms with Crippen molar-refractivity contribution in [2.24, 2.45) is 0 Å². The van der Waals surface area contributed by atoms with Crippen molar-refractivity contribution in [3.05, 3.63) is 41.3 Å². The van der Waals surface area contributed by atoms with Crippen molar-refractivity contribution in [3.63, 3.8) is 0 Å². The third-order valence-electron chi connectivity index (χ3n) is 4.53. The van der Waals surface area contributed by atoms with Crippen LogP contribution in [-0.2, 0) is 0 Å². The summed E-state index contributed by atoms with van der Waals surface area (Å²) in [5.41, 5.74) is 1.36. The molecule has 1 amide bonds. The maximum absolute atomic E-state index is 13.1. The van der Waals surface area contributed by atoms with Crippen molar-refractivity contribution in [1.82, 2.24) is 14.9 Å². The molecule has 2 aromatic rings. The van der Waals surface area contributed by atoms with Crippen LogP contribution in [0.25, 0.3) is 0 Å². The Labute approximate surface area is 159 Å². The zero-order valence-corrected chi connectivity index (χ0v) is 16.2. The molecule has 1 atom stereocenters. The Bertz CT molecular complexity index is 805. The predicted octanol–water partition coefficient (Wildman–Crippen LogP) is 2.79. The number of aryl methyl sites for hydroxylation is 2. The maximum Gasteiger partial charge on any atom is 0.257 e. The minimum absolute atomic E-state index is 0.0888. The highest BCUT2D eigenvalue weighted by atomic mass is 16.5. The molecule has 1 fully saturated rings. The van der Waals surface area contributed by atoms with E-state index in [0.717, 1.165) is 18.5 Å². The third-order valence-corrected chi connectivity index (χ3v) is 4.53. The summed E-state index contributed by atoms with van der Waals surface area (Å²) in [5, 5.41) is 0. The summed E-state index contributed by atoms with van der Waals surface area (Å²) >= 11 is 0. The Hall–Kier alpha value is -2.83. The average Bonchev–Trinajstić information content (AvgIpc) is 2.66. The quantitative estimate of drug-likeness (QED) is 0.805. The highest BCUT2D eigenvalue weighted by Crippen LogP contribution is 2.32. The van der Waals surface area contributed by atoms with Crippen LogP contribution >= 0.6 is 0 Å². The van der Waals surface area contributed by atoms with Crippen molar-refractivity contribution < 1.29 is 19.0 Å². The van der Waals surface area contributed by atoms with Gasteiger partial charge in [-0.3, -0.25) is 4.79 Å². The van der Waals surface area contributed by atoms with Crippen LogP contribution in [0.5, 0.6) is 17.4 Å². The number of nitrogens with zero attached hydrogens (tertiary/aromatic N) is 3. The molecule has 1 aliphatic rings. The van der Waals surface area contributed by atoms with Gasteiger partial charge in [-0.25, -0.2) is 4.98 Å². The SMILES string of the molecule is COc1cccc(C(=O)N2CCCC(Oc3cc(C)nc(C)n3)C2)c1OC. The number of aromatic nitrogens is 2. The third kappa shape index (κ3) is 4.30. The molecule has 0 radical (unpaired) electrons. The molecule has 0 bridgehead atoms. The van der Waals surface area contributed by atoms with E-state index in [-0.39, 0.29) is 12.0 Å². The van der Waals surface area contributed by atoms with E-state index in [1.54, 1.807) is 30.2 Å². The fourth-order valence-electron chi connectivity index (χ4n) is 3.36. The first-order valence-electron chi connectivity index (χ1n) is 9.01. The number of hydrogen-bond acceptors (Lipinski definition) is 6. The van der Waals surface area contributed by atoms with Crippen LogP contribution in [0.2, 0.25) is 0 Å². The van der Waals surface area contributed by atoms with Gasteiger partial charge in [0.25, 0.3) is 5.91 Å². The van der Waals surface area contributed by atoms with Crippen LogP contribution in [0.4, 0.5) is 0 Å². The number of piperidine rings is 1. The summed E-state index contributed by atoms with van der Waals surface area (Å²) in [5.74, 6) is 2.14. The number of para-hydroxylation sites is 1. The Kier molecular flexibility index (Phi) is 5.78. The number of rotatable bonds is 5. The van der Waals surface area contributed by atoms with E-state index in [0.29, 0.717) is 41.9 Å². The number of hydrogen-bond donors (Lipinski definition) is 0. The highest BCUT2D eigenvalue weighted by molar-refractivity contribution is 5.98. The zero-order chi connectivity index (χ0) is 19.4. The van der Waals surface area contributed by atoms with Gasteiger partial charge < -0.3 is 19.1 Å². The molecular formula is C20H25N3O4. The van der Waals surface area contributed by atoms with Crippen molar-refractivity contribution in [1.29, 1.82) is 0 Å². The van der Waals surface area contributed by atoms with Gasteiger partial charge in [0.15, 0.2) is 11.5 Å². The summed E-state index contributed by atoms with van der Waals surface area (Å²) in [7, 11) is 3.10. The fraction of sp³-hybridized carbons (Fsp3) is 0.450. The molecular weight excluding hydrogens is 346 g/mol. The van der Waals surface area contributed by atoms with E-state index in [1.807, 2.05) is 19.9 Å². The zero-order valence-electron chi connectivity index (χ0n) is 16.2. The number of likely N-dealkylation sites (tertiary alicyclic amines) is 1. The van der Waals surface area contributed by atoms with E-state index in [1.165, 1.54) is 7.11 Å². The number of carbonyl (C=O) groups is 1. The van der Waals surface area contributed by atoms with Gasteiger partial charge in [0, 0.05) is 18.3 Å². The first kappa shape index (κ1) is 18.9. The molecule has 1 saturated heterocycles. The second kappa shape index (κ2) is 8.24.